The van der Waals surface area contributed by atoms with Crippen molar-refractivity contribution in [3.8, 4) is 0 Å². The van der Waals surface area contributed by atoms with Gasteiger partial charge in [-0.2, -0.15) is 0 Å². The number of esters is 1. The second-order valence-electron chi connectivity index (χ2n) is 4.95. The van der Waals surface area contributed by atoms with Crippen LogP contribution in [0.2, 0.25) is 0 Å². The van der Waals surface area contributed by atoms with Gasteiger partial charge < -0.3 is 10.1 Å². The fourth-order valence-corrected chi connectivity index (χ4v) is 2.47. The van der Waals surface area contributed by atoms with Gasteiger partial charge in [0.2, 0.25) is 0 Å². The summed E-state index contributed by atoms with van der Waals surface area (Å²) in [6.45, 7) is 4.16. The Kier molecular flexibility index (Phi) is 4.08. The average Bonchev–Trinajstić information content (AvgIpc) is 3.23. The van der Waals surface area contributed by atoms with Crippen LogP contribution in [-0.2, 0) is 9.53 Å². The Morgan fingerprint density at radius 3 is 2.47 bits per heavy atom. The third-order valence-corrected chi connectivity index (χ3v) is 3.68. The molecule has 1 aromatic rings. The molecule has 0 heterocycles. The zero-order valence-corrected chi connectivity index (χ0v) is 11.4. The molecular formula is C15H20FNO2. The summed E-state index contributed by atoms with van der Waals surface area (Å²) in [5.41, 5.74) is 0.0802. The second-order valence-corrected chi connectivity index (χ2v) is 4.95. The molecule has 1 aliphatic carbocycles. The van der Waals surface area contributed by atoms with Crippen LogP contribution in [-0.4, -0.2) is 18.1 Å². The minimum absolute atomic E-state index is 0.204. The third-order valence-electron chi connectivity index (χ3n) is 3.68. The fourth-order valence-electron chi connectivity index (χ4n) is 2.47. The fraction of sp³-hybridized carbons (Fsp3) is 0.533. The molecule has 0 amide bonds. The van der Waals surface area contributed by atoms with E-state index in [1.807, 2.05) is 13.8 Å². The predicted octanol–water partition coefficient (Wildman–Crippen LogP) is 3.36. The Morgan fingerprint density at radius 1 is 1.37 bits per heavy atom. The molecule has 1 saturated carbocycles. The van der Waals surface area contributed by atoms with E-state index < -0.39 is 5.54 Å². The smallest absolute Gasteiger partial charge is 0.332 e. The van der Waals surface area contributed by atoms with Crippen LogP contribution < -0.4 is 5.32 Å². The lowest BCUT2D eigenvalue weighted by Gasteiger charge is -2.32. The number of rotatable bonds is 6. The summed E-state index contributed by atoms with van der Waals surface area (Å²) in [4.78, 5) is 12.3. The lowest BCUT2D eigenvalue weighted by atomic mass is 9.89. The minimum Gasteiger partial charge on any atom is -0.464 e. The van der Waals surface area contributed by atoms with Gasteiger partial charge in [-0.05, 0) is 56.4 Å². The first-order chi connectivity index (χ1) is 9.12. The topological polar surface area (TPSA) is 38.3 Å². The molecule has 0 aliphatic heterocycles. The molecule has 0 saturated heterocycles. The number of nitrogens with one attached hydrogen (secondary N) is 1. The van der Waals surface area contributed by atoms with Crippen LogP contribution in [0.3, 0.4) is 0 Å². The van der Waals surface area contributed by atoms with E-state index in [-0.39, 0.29) is 11.8 Å². The van der Waals surface area contributed by atoms with Crippen molar-refractivity contribution < 1.29 is 13.9 Å². The summed E-state index contributed by atoms with van der Waals surface area (Å²) in [7, 11) is 0. The molecular weight excluding hydrogens is 245 g/mol. The van der Waals surface area contributed by atoms with Crippen LogP contribution in [0.4, 0.5) is 10.1 Å². The van der Waals surface area contributed by atoms with Crippen LogP contribution in [0.5, 0.6) is 0 Å². The van der Waals surface area contributed by atoms with E-state index >= 15 is 0 Å². The van der Waals surface area contributed by atoms with Gasteiger partial charge >= 0.3 is 5.97 Å². The summed E-state index contributed by atoms with van der Waals surface area (Å²) in [5, 5.41) is 3.27. The molecule has 1 N–H and O–H groups in total. The van der Waals surface area contributed by atoms with Gasteiger partial charge in [0.05, 0.1) is 6.61 Å². The zero-order chi connectivity index (χ0) is 13.9. The average molecular weight is 265 g/mol. The van der Waals surface area contributed by atoms with Crippen LogP contribution in [0.1, 0.15) is 33.1 Å². The zero-order valence-electron chi connectivity index (χ0n) is 11.4. The second kappa shape index (κ2) is 5.59. The van der Waals surface area contributed by atoms with Gasteiger partial charge in [0.25, 0.3) is 0 Å². The Labute approximate surface area is 113 Å². The molecule has 0 radical (unpaired) electrons. The van der Waals surface area contributed by atoms with Crippen molar-refractivity contribution in [3.63, 3.8) is 0 Å². The summed E-state index contributed by atoms with van der Waals surface area (Å²) in [5.74, 6) is -0.180. The van der Waals surface area contributed by atoms with Crippen molar-refractivity contribution in [2.24, 2.45) is 5.92 Å². The standard InChI is InChI=1S/C15H20FNO2/c1-3-15(11-5-6-11,14(18)19-4-2)17-13-9-7-12(16)8-10-13/h7-11,17H,3-6H2,1-2H3. The van der Waals surface area contributed by atoms with Crippen molar-refractivity contribution >= 4 is 11.7 Å². The van der Waals surface area contributed by atoms with E-state index in [0.29, 0.717) is 18.9 Å². The van der Waals surface area contributed by atoms with Gasteiger partial charge in [0, 0.05) is 5.69 Å². The van der Waals surface area contributed by atoms with Gasteiger partial charge in [0.1, 0.15) is 11.4 Å². The number of anilines is 1. The van der Waals surface area contributed by atoms with E-state index in [0.717, 1.165) is 18.5 Å². The van der Waals surface area contributed by atoms with Gasteiger partial charge in [-0.25, -0.2) is 9.18 Å². The normalized spacial score (nSPS) is 17.6. The Balaban J connectivity index is 2.22. The van der Waals surface area contributed by atoms with Crippen LogP contribution >= 0.6 is 0 Å². The van der Waals surface area contributed by atoms with Crippen LogP contribution in [0.25, 0.3) is 0 Å². The highest BCUT2D eigenvalue weighted by Gasteiger charge is 2.50. The van der Waals surface area contributed by atoms with Crippen molar-refractivity contribution in [2.45, 2.75) is 38.6 Å². The number of benzene rings is 1. The molecule has 1 aliphatic rings. The first-order valence-electron chi connectivity index (χ1n) is 6.83. The number of halogens is 1. The maximum absolute atomic E-state index is 12.9. The maximum Gasteiger partial charge on any atom is 0.332 e. The van der Waals surface area contributed by atoms with Crippen molar-refractivity contribution in [1.82, 2.24) is 0 Å². The van der Waals surface area contributed by atoms with E-state index in [1.54, 1.807) is 12.1 Å². The number of hydrogen-bond donors (Lipinski definition) is 1. The largest absolute Gasteiger partial charge is 0.464 e. The summed E-state index contributed by atoms with van der Waals surface area (Å²) in [6, 6.07) is 6.09. The highest BCUT2D eigenvalue weighted by atomic mass is 19.1. The molecule has 1 fully saturated rings. The molecule has 19 heavy (non-hydrogen) atoms. The van der Waals surface area contributed by atoms with Crippen LogP contribution in [0, 0.1) is 11.7 Å². The van der Waals surface area contributed by atoms with Gasteiger partial charge in [-0.15, -0.1) is 0 Å². The number of ether oxygens (including phenoxy) is 1. The first kappa shape index (κ1) is 13.8. The van der Waals surface area contributed by atoms with E-state index in [1.165, 1.54) is 12.1 Å². The predicted molar refractivity (Wildman–Crippen MR) is 72.4 cm³/mol. The summed E-state index contributed by atoms with van der Waals surface area (Å²) in [6.07, 6.45) is 2.72. The van der Waals surface area contributed by atoms with E-state index in [2.05, 4.69) is 5.32 Å². The lowest BCUT2D eigenvalue weighted by Crippen LogP contribution is -2.49. The first-order valence-corrected chi connectivity index (χ1v) is 6.83. The molecule has 4 heteroatoms. The van der Waals surface area contributed by atoms with Crippen molar-refractivity contribution in [2.75, 3.05) is 11.9 Å². The monoisotopic (exact) mass is 265 g/mol. The molecule has 1 aromatic carbocycles. The Bertz CT molecular complexity index is 442. The lowest BCUT2D eigenvalue weighted by molar-refractivity contribution is -0.149. The number of carbonyl (C=O) groups is 1. The molecule has 1 unspecified atom stereocenters. The molecule has 2 rings (SSSR count). The number of hydrogen-bond acceptors (Lipinski definition) is 3. The molecule has 0 spiro atoms. The molecule has 3 nitrogen and oxygen atoms in total. The molecule has 1 atom stereocenters. The highest BCUT2D eigenvalue weighted by molar-refractivity contribution is 5.85. The van der Waals surface area contributed by atoms with Crippen molar-refractivity contribution in [3.05, 3.63) is 30.1 Å². The Morgan fingerprint density at radius 2 is 2.00 bits per heavy atom. The summed E-state index contributed by atoms with van der Waals surface area (Å²) >= 11 is 0. The Hall–Kier alpha value is -1.58. The minimum atomic E-state index is -0.673. The van der Waals surface area contributed by atoms with Gasteiger partial charge in [-0.3, -0.25) is 0 Å². The van der Waals surface area contributed by atoms with Crippen LogP contribution in [0.15, 0.2) is 24.3 Å². The van der Waals surface area contributed by atoms with Gasteiger partial charge in [0.15, 0.2) is 0 Å². The highest BCUT2D eigenvalue weighted by Crippen LogP contribution is 2.44. The SMILES string of the molecule is CCOC(=O)C(CC)(Nc1ccc(F)cc1)C1CC1. The molecule has 0 aromatic heterocycles. The maximum atomic E-state index is 12.9. The quantitative estimate of drug-likeness (QED) is 0.801. The van der Waals surface area contributed by atoms with Gasteiger partial charge in [-0.1, -0.05) is 6.92 Å². The summed E-state index contributed by atoms with van der Waals surface area (Å²) < 4.78 is 18.2. The molecule has 104 valence electrons. The van der Waals surface area contributed by atoms with Crippen molar-refractivity contribution in [1.29, 1.82) is 0 Å². The van der Waals surface area contributed by atoms with E-state index in [9.17, 15) is 9.18 Å². The third kappa shape index (κ3) is 2.88. The molecule has 0 bridgehead atoms. The number of carbonyl (C=O) groups excluding carboxylic acids is 1. The van der Waals surface area contributed by atoms with E-state index in [4.69, 9.17) is 4.74 Å².